The summed E-state index contributed by atoms with van der Waals surface area (Å²) >= 11 is 0. The standard InChI is InChI=1S/C21H28O5S/c1-2-3-4-5-6-7-8-11-14-27(25)15-17(22)19-20(23)16-12-9-10-13-18(16)26-21(19)24/h9-10,12-13,23H,2-8,11,14-15H2,1H3. The summed E-state index contributed by atoms with van der Waals surface area (Å²) in [5.41, 5.74) is -1.07. The first-order chi connectivity index (χ1) is 13.0. The van der Waals surface area contributed by atoms with Gasteiger partial charge in [-0.05, 0) is 18.6 Å². The molecule has 0 aliphatic carbocycles. The molecule has 27 heavy (non-hydrogen) atoms. The number of fused-ring (bicyclic) bond motifs is 1. The summed E-state index contributed by atoms with van der Waals surface area (Å²) < 4.78 is 17.3. The van der Waals surface area contributed by atoms with E-state index < -0.39 is 33.5 Å². The van der Waals surface area contributed by atoms with Crippen LogP contribution in [-0.4, -0.2) is 26.6 Å². The van der Waals surface area contributed by atoms with Crippen molar-refractivity contribution < 1.29 is 18.5 Å². The van der Waals surface area contributed by atoms with E-state index in [1.165, 1.54) is 32.1 Å². The molecule has 1 unspecified atom stereocenters. The van der Waals surface area contributed by atoms with Gasteiger partial charge in [-0.15, -0.1) is 0 Å². The smallest absolute Gasteiger partial charge is 0.351 e. The van der Waals surface area contributed by atoms with Crippen molar-refractivity contribution in [2.45, 2.75) is 58.3 Å². The second-order valence-electron chi connectivity index (χ2n) is 6.80. The van der Waals surface area contributed by atoms with Gasteiger partial charge in [-0.2, -0.15) is 0 Å². The maximum atomic E-state index is 12.4. The Bertz CT molecular complexity index is 840. The molecule has 0 aliphatic heterocycles. The molecule has 0 aliphatic rings. The van der Waals surface area contributed by atoms with Crippen LogP contribution in [-0.2, 0) is 10.8 Å². The fraction of sp³-hybridized carbons (Fsp3) is 0.524. The van der Waals surface area contributed by atoms with Gasteiger partial charge in [0.05, 0.1) is 11.1 Å². The van der Waals surface area contributed by atoms with Crippen molar-refractivity contribution in [1.29, 1.82) is 0 Å². The molecule has 2 aromatic rings. The lowest BCUT2D eigenvalue weighted by Gasteiger charge is -2.06. The van der Waals surface area contributed by atoms with Crippen LogP contribution < -0.4 is 5.63 Å². The van der Waals surface area contributed by atoms with Gasteiger partial charge < -0.3 is 9.52 Å². The maximum absolute atomic E-state index is 12.4. The highest BCUT2D eigenvalue weighted by Gasteiger charge is 2.22. The third-order valence-corrected chi connectivity index (χ3v) is 5.91. The van der Waals surface area contributed by atoms with Crippen molar-refractivity contribution in [3.63, 3.8) is 0 Å². The molecule has 2 rings (SSSR count). The number of rotatable bonds is 12. The lowest BCUT2D eigenvalue weighted by Crippen LogP contribution is -2.20. The van der Waals surface area contributed by atoms with E-state index in [0.29, 0.717) is 11.1 Å². The molecule has 1 atom stereocenters. The molecule has 5 nitrogen and oxygen atoms in total. The van der Waals surface area contributed by atoms with Crippen molar-refractivity contribution in [1.82, 2.24) is 0 Å². The zero-order valence-corrected chi connectivity index (χ0v) is 16.7. The third-order valence-electron chi connectivity index (χ3n) is 4.58. The number of benzene rings is 1. The molecule has 0 fully saturated rings. The Morgan fingerprint density at radius 1 is 1.04 bits per heavy atom. The largest absolute Gasteiger partial charge is 0.506 e. The van der Waals surface area contributed by atoms with Crippen LogP contribution in [0.3, 0.4) is 0 Å². The Labute approximate surface area is 162 Å². The molecule has 0 saturated carbocycles. The van der Waals surface area contributed by atoms with Crippen molar-refractivity contribution in [2.24, 2.45) is 0 Å². The molecule has 6 heteroatoms. The molecule has 0 saturated heterocycles. The summed E-state index contributed by atoms with van der Waals surface area (Å²) in [7, 11) is -1.35. The lowest BCUT2D eigenvalue weighted by molar-refractivity contribution is 0.101. The lowest BCUT2D eigenvalue weighted by atomic mass is 10.1. The fourth-order valence-electron chi connectivity index (χ4n) is 3.07. The normalized spacial score (nSPS) is 12.3. The van der Waals surface area contributed by atoms with Gasteiger partial charge >= 0.3 is 5.63 Å². The average molecular weight is 393 g/mol. The Morgan fingerprint density at radius 3 is 2.37 bits per heavy atom. The highest BCUT2D eigenvalue weighted by Crippen LogP contribution is 2.26. The summed E-state index contributed by atoms with van der Waals surface area (Å²) in [6, 6.07) is 6.47. The first-order valence-corrected chi connectivity index (χ1v) is 11.2. The van der Waals surface area contributed by atoms with Gasteiger partial charge in [0.25, 0.3) is 0 Å². The monoisotopic (exact) mass is 392 g/mol. The van der Waals surface area contributed by atoms with Gasteiger partial charge in [0.1, 0.15) is 16.9 Å². The zero-order chi connectivity index (χ0) is 19.6. The minimum atomic E-state index is -1.35. The van der Waals surface area contributed by atoms with Crippen LogP contribution in [0.4, 0.5) is 0 Å². The minimum Gasteiger partial charge on any atom is -0.506 e. The van der Waals surface area contributed by atoms with E-state index in [9.17, 15) is 18.9 Å². The van der Waals surface area contributed by atoms with Gasteiger partial charge in [-0.1, -0.05) is 64.0 Å². The number of para-hydroxylation sites is 1. The maximum Gasteiger partial charge on any atom is 0.351 e. The highest BCUT2D eigenvalue weighted by atomic mass is 32.2. The van der Waals surface area contributed by atoms with Gasteiger partial charge in [0.15, 0.2) is 5.78 Å². The van der Waals surface area contributed by atoms with E-state index in [1.54, 1.807) is 24.3 Å². The van der Waals surface area contributed by atoms with Crippen molar-refractivity contribution in [3.8, 4) is 5.75 Å². The van der Waals surface area contributed by atoms with Gasteiger partial charge in [0.2, 0.25) is 0 Å². The van der Waals surface area contributed by atoms with Crippen LogP contribution in [0.15, 0.2) is 33.5 Å². The van der Waals surface area contributed by atoms with Crippen LogP contribution in [0.25, 0.3) is 11.0 Å². The topological polar surface area (TPSA) is 84.6 Å². The predicted molar refractivity (Wildman–Crippen MR) is 109 cm³/mol. The Hall–Kier alpha value is -1.95. The molecule has 148 valence electrons. The van der Waals surface area contributed by atoms with E-state index in [0.717, 1.165) is 19.3 Å². The van der Waals surface area contributed by atoms with Crippen LogP contribution in [0, 0.1) is 0 Å². The van der Waals surface area contributed by atoms with Gasteiger partial charge in [0, 0.05) is 16.6 Å². The number of Topliss-reactive ketones (excluding diaryl/α,β-unsaturated/α-hetero) is 1. The van der Waals surface area contributed by atoms with E-state index in [-0.39, 0.29) is 11.3 Å². The van der Waals surface area contributed by atoms with E-state index in [4.69, 9.17) is 4.42 Å². The van der Waals surface area contributed by atoms with Crippen molar-refractivity contribution >= 4 is 27.6 Å². The van der Waals surface area contributed by atoms with Crippen LogP contribution in [0.5, 0.6) is 5.75 Å². The second-order valence-corrected chi connectivity index (χ2v) is 8.37. The summed E-state index contributed by atoms with van der Waals surface area (Å²) in [5.74, 6) is -0.867. The molecule has 0 amide bonds. The summed E-state index contributed by atoms with van der Waals surface area (Å²) in [5, 5.41) is 10.6. The highest BCUT2D eigenvalue weighted by molar-refractivity contribution is 7.85. The molecule has 0 spiro atoms. The van der Waals surface area contributed by atoms with Crippen molar-refractivity contribution in [3.05, 3.63) is 40.2 Å². The molecule has 1 aromatic heterocycles. The van der Waals surface area contributed by atoms with Gasteiger partial charge in [-0.25, -0.2) is 4.79 Å². The Balaban J connectivity index is 1.84. The van der Waals surface area contributed by atoms with E-state index in [1.807, 2.05) is 0 Å². The molecular weight excluding hydrogens is 364 g/mol. The first-order valence-electron chi connectivity index (χ1n) is 9.67. The second kappa shape index (κ2) is 11.0. The third kappa shape index (κ3) is 6.31. The molecule has 1 N–H and O–H groups in total. The summed E-state index contributed by atoms with van der Waals surface area (Å²) in [4.78, 5) is 24.4. The molecule has 1 heterocycles. The quantitative estimate of drug-likeness (QED) is 0.325. The predicted octanol–water partition coefficient (Wildman–Crippen LogP) is 4.57. The summed E-state index contributed by atoms with van der Waals surface area (Å²) in [6.45, 7) is 2.19. The van der Waals surface area contributed by atoms with E-state index >= 15 is 0 Å². The number of carbonyl (C=O) groups is 1. The zero-order valence-electron chi connectivity index (χ0n) is 15.9. The SMILES string of the molecule is CCCCCCCCCCS(=O)CC(=O)c1c(O)c2ccccc2oc1=O. The van der Waals surface area contributed by atoms with Crippen molar-refractivity contribution in [2.75, 3.05) is 11.5 Å². The number of carbonyl (C=O) groups excluding carboxylic acids is 1. The average Bonchev–Trinajstić information content (AvgIpc) is 2.64. The fourth-order valence-corrected chi connectivity index (χ4v) is 4.17. The number of unbranched alkanes of at least 4 members (excludes halogenated alkanes) is 7. The Kier molecular flexibility index (Phi) is 8.72. The number of ketones is 1. The van der Waals surface area contributed by atoms with Crippen LogP contribution >= 0.6 is 0 Å². The number of hydrogen-bond donors (Lipinski definition) is 1. The van der Waals surface area contributed by atoms with E-state index in [2.05, 4.69) is 6.92 Å². The number of aromatic hydroxyl groups is 1. The Morgan fingerprint density at radius 2 is 1.67 bits per heavy atom. The molecule has 0 radical (unpaired) electrons. The number of hydrogen-bond acceptors (Lipinski definition) is 5. The molecule has 0 bridgehead atoms. The molecular formula is C21H28O5S. The van der Waals surface area contributed by atoms with Gasteiger partial charge in [-0.3, -0.25) is 9.00 Å². The minimum absolute atomic E-state index is 0.219. The molecule has 1 aromatic carbocycles. The summed E-state index contributed by atoms with van der Waals surface area (Å²) in [6.07, 6.45) is 9.13. The first kappa shape index (κ1) is 21.4. The van der Waals surface area contributed by atoms with Crippen LogP contribution in [0.2, 0.25) is 0 Å². The van der Waals surface area contributed by atoms with Crippen LogP contribution in [0.1, 0.15) is 68.6 Å².